The van der Waals surface area contributed by atoms with Crippen molar-refractivity contribution in [2.45, 2.75) is 76.7 Å². The molecule has 174 valence electrons. The van der Waals surface area contributed by atoms with E-state index >= 15 is 0 Å². The molecule has 1 unspecified atom stereocenters. The molecule has 0 spiro atoms. The molecule has 1 aliphatic rings. The van der Waals surface area contributed by atoms with Crippen LogP contribution in [0.1, 0.15) is 59.3 Å². The van der Waals surface area contributed by atoms with Crippen LogP contribution in [0.3, 0.4) is 0 Å². The Labute approximate surface area is 195 Å². The molecule has 3 rings (SSSR count). The van der Waals surface area contributed by atoms with Crippen LogP contribution in [0, 0.1) is 0 Å². The molecule has 32 heavy (non-hydrogen) atoms. The topological polar surface area (TPSA) is 27.7 Å². The van der Waals surface area contributed by atoms with Crippen LogP contribution < -0.4 is 10.4 Å². The van der Waals surface area contributed by atoms with Crippen molar-refractivity contribution in [3.05, 3.63) is 73.3 Å². The second kappa shape index (κ2) is 11.9. The molecule has 3 nitrogen and oxygen atoms in total. The van der Waals surface area contributed by atoms with E-state index in [1.54, 1.807) is 0 Å². The van der Waals surface area contributed by atoms with Crippen LogP contribution in [0.4, 0.5) is 0 Å². The van der Waals surface area contributed by atoms with E-state index in [9.17, 15) is 0 Å². The van der Waals surface area contributed by atoms with Gasteiger partial charge in [0.2, 0.25) is 0 Å². The molecule has 0 aliphatic carbocycles. The Bertz CT molecular complexity index is 755. The SMILES string of the molecule is C=CCCC[C@H](COC1CCCCO1)O[Si](c1ccccc1)(c1ccccc1)C(C)(C)C. The van der Waals surface area contributed by atoms with Crippen molar-refractivity contribution in [1.29, 1.82) is 0 Å². The summed E-state index contributed by atoms with van der Waals surface area (Å²) in [6.45, 7) is 12.2. The Kier molecular flexibility index (Phi) is 9.30. The third-order valence-corrected chi connectivity index (χ3v) is 11.4. The van der Waals surface area contributed by atoms with Gasteiger partial charge in [-0.05, 0) is 53.9 Å². The van der Waals surface area contributed by atoms with Crippen molar-refractivity contribution in [2.24, 2.45) is 0 Å². The minimum absolute atomic E-state index is 0.00628. The predicted molar refractivity (Wildman–Crippen MR) is 136 cm³/mol. The number of benzene rings is 2. The van der Waals surface area contributed by atoms with Crippen LogP contribution in [0.15, 0.2) is 73.3 Å². The first-order valence-corrected chi connectivity index (χ1v) is 14.0. The lowest BCUT2D eigenvalue weighted by atomic mass is 10.1. The van der Waals surface area contributed by atoms with E-state index in [1.807, 2.05) is 6.08 Å². The highest BCUT2D eigenvalue weighted by Gasteiger charge is 2.51. The molecule has 1 aliphatic heterocycles. The van der Waals surface area contributed by atoms with E-state index in [0.29, 0.717) is 6.61 Å². The third-order valence-electron chi connectivity index (χ3n) is 6.30. The fourth-order valence-corrected chi connectivity index (χ4v) is 9.37. The Hall–Kier alpha value is -1.72. The largest absolute Gasteiger partial charge is 0.402 e. The van der Waals surface area contributed by atoms with Gasteiger partial charge in [0.15, 0.2) is 6.29 Å². The van der Waals surface area contributed by atoms with Gasteiger partial charge in [0.1, 0.15) is 0 Å². The molecule has 2 atom stereocenters. The van der Waals surface area contributed by atoms with Crippen molar-refractivity contribution in [3.8, 4) is 0 Å². The van der Waals surface area contributed by atoms with Gasteiger partial charge in [-0.1, -0.05) is 87.5 Å². The van der Waals surface area contributed by atoms with Gasteiger partial charge >= 0.3 is 0 Å². The van der Waals surface area contributed by atoms with Crippen molar-refractivity contribution < 1.29 is 13.9 Å². The lowest BCUT2D eigenvalue weighted by Crippen LogP contribution is -2.68. The number of hydrogen-bond donors (Lipinski definition) is 0. The van der Waals surface area contributed by atoms with Crippen LogP contribution in [0.5, 0.6) is 0 Å². The zero-order chi connectivity index (χ0) is 22.9. The second-order valence-corrected chi connectivity index (χ2v) is 14.0. The molecule has 0 aromatic heterocycles. The first-order chi connectivity index (χ1) is 15.5. The molecule has 1 fully saturated rings. The molecule has 0 N–H and O–H groups in total. The maximum atomic E-state index is 7.34. The van der Waals surface area contributed by atoms with E-state index in [1.165, 1.54) is 16.8 Å². The maximum Gasteiger partial charge on any atom is 0.261 e. The summed E-state index contributed by atoms with van der Waals surface area (Å²) in [6.07, 6.45) is 8.14. The van der Waals surface area contributed by atoms with Gasteiger partial charge in [-0.2, -0.15) is 0 Å². The van der Waals surface area contributed by atoms with Crippen molar-refractivity contribution >= 4 is 18.7 Å². The zero-order valence-corrected chi connectivity index (χ0v) is 21.1. The number of hydrogen-bond acceptors (Lipinski definition) is 3. The molecule has 0 amide bonds. The predicted octanol–water partition coefficient (Wildman–Crippen LogP) is 5.83. The van der Waals surface area contributed by atoms with E-state index in [0.717, 1.165) is 38.7 Å². The van der Waals surface area contributed by atoms with Gasteiger partial charge in [-0.25, -0.2) is 0 Å². The quantitative estimate of drug-likeness (QED) is 0.244. The Morgan fingerprint density at radius 2 is 1.66 bits per heavy atom. The summed E-state index contributed by atoms with van der Waals surface area (Å²) in [6, 6.07) is 21.7. The highest BCUT2D eigenvalue weighted by molar-refractivity contribution is 6.99. The Morgan fingerprint density at radius 1 is 1.03 bits per heavy atom. The standard InChI is InChI=1S/C28H40O3Si/c1-5-6-9-16-24(23-30-27-21-14-15-22-29-27)31-32(28(2,3)4,25-17-10-7-11-18-25)26-19-12-8-13-20-26/h5,7-8,10-13,17-20,24,27H,1,6,9,14-16,21-23H2,2-4H3/t24-,27?/m1/s1. The average Bonchev–Trinajstić information content (AvgIpc) is 2.81. The van der Waals surface area contributed by atoms with Crippen LogP contribution in [-0.4, -0.2) is 33.9 Å². The van der Waals surface area contributed by atoms with E-state index in [-0.39, 0.29) is 17.4 Å². The summed E-state index contributed by atoms with van der Waals surface area (Å²) in [5.74, 6) is 0. The van der Waals surface area contributed by atoms with Gasteiger partial charge in [0, 0.05) is 6.61 Å². The summed E-state index contributed by atoms with van der Waals surface area (Å²) in [4.78, 5) is 0. The molecular formula is C28H40O3Si. The van der Waals surface area contributed by atoms with Crippen LogP contribution >= 0.6 is 0 Å². The Morgan fingerprint density at radius 3 is 2.16 bits per heavy atom. The Balaban J connectivity index is 1.95. The fraction of sp³-hybridized carbons (Fsp3) is 0.500. The average molecular weight is 453 g/mol. The minimum Gasteiger partial charge on any atom is -0.402 e. The second-order valence-electron chi connectivity index (χ2n) is 9.75. The highest BCUT2D eigenvalue weighted by Crippen LogP contribution is 2.38. The van der Waals surface area contributed by atoms with Gasteiger partial charge in [-0.15, -0.1) is 6.58 Å². The van der Waals surface area contributed by atoms with Gasteiger partial charge < -0.3 is 13.9 Å². The molecule has 2 aromatic carbocycles. The first-order valence-electron chi connectivity index (χ1n) is 12.1. The molecular weight excluding hydrogens is 412 g/mol. The van der Waals surface area contributed by atoms with Gasteiger partial charge in [0.25, 0.3) is 8.32 Å². The summed E-state index contributed by atoms with van der Waals surface area (Å²) < 4.78 is 19.4. The summed E-state index contributed by atoms with van der Waals surface area (Å²) >= 11 is 0. The smallest absolute Gasteiger partial charge is 0.261 e. The molecule has 1 heterocycles. The normalized spacial score (nSPS) is 18.3. The number of unbranched alkanes of at least 4 members (excludes halogenated alkanes) is 1. The van der Waals surface area contributed by atoms with Crippen LogP contribution in [0.25, 0.3) is 0 Å². The fourth-order valence-electron chi connectivity index (χ4n) is 4.66. The maximum absolute atomic E-state index is 7.34. The lowest BCUT2D eigenvalue weighted by Gasteiger charge is -2.45. The van der Waals surface area contributed by atoms with E-state index < -0.39 is 8.32 Å². The number of allylic oxidation sites excluding steroid dienone is 1. The van der Waals surface area contributed by atoms with E-state index in [4.69, 9.17) is 13.9 Å². The number of ether oxygens (including phenoxy) is 2. The minimum atomic E-state index is -2.61. The zero-order valence-electron chi connectivity index (χ0n) is 20.1. The number of rotatable bonds is 11. The van der Waals surface area contributed by atoms with Crippen LogP contribution in [0.2, 0.25) is 5.04 Å². The van der Waals surface area contributed by atoms with Crippen molar-refractivity contribution in [2.75, 3.05) is 13.2 Å². The lowest BCUT2D eigenvalue weighted by molar-refractivity contribution is -0.174. The molecule has 4 heteroatoms. The van der Waals surface area contributed by atoms with Gasteiger partial charge in [-0.3, -0.25) is 0 Å². The van der Waals surface area contributed by atoms with E-state index in [2.05, 4.69) is 88.0 Å². The summed E-state index contributed by atoms with van der Waals surface area (Å²) in [7, 11) is -2.61. The van der Waals surface area contributed by atoms with Gasteiger partial charge in [0.05, 0.1) is 12.7 Å². The summed E-state index contributed by atoms with van der Waals surface area (Å²) in [5.41, 5.74) is 0. The summed E-state index contributed by atoms with van der Waals surface area (Å²) in [5, 5.41) is 2.57. The molecule has 0 radical (unpaired) electrons. The molecule has 1 saturated heterocycles. The molecule has 2 aromatic rings. The van der Waals surface area contributed by atoms with Crippen molar-refractivity contribution in [1.82, 2.24) is 0 Å². The van der Waals surface area contributed by atoms with Crippen molar-refractivity contribution in [3.63, 3.8) is 0 Å². The third kappa shape index (κ3) is 6.19. The first kappa shape index (κ1) is 24.9. The molecule has 0 bridgehead atoms. The van der Waals surface area contributed by atoms with Crippen LogP contribution in [-0.2, 0) is 13.9 Å². The monoisotopic (exact) mass is 452 g/mol. The molecule has 0 saturated carbocycles. The highest BCUT2D eigenvalue weighted by atomic mass is 28.4.